The molecule has 0 saturated carbocycles. The van der Waals surface area contributed by atoms with Gasteiger partial charge in [-0.2, -0.15) is 0 Å². The van der Waals surface area contributed by atoms with Crippen molar-refractivity contribution in [1.82, 2.24) is 14.5 Å². The van der Waals surface area contributed by atoms with Crippen LogP contribution in [0.4, 0.5) is 5.69 Å². The highest BCUT2D eigenvalue weighted by Gasteiger charge is 2.26. The van der Waals surface area contributed by atoms with Gasteiger partial charge in [-0.15, -0.1) is 0 Å². The second kappa shape index (κ2) is 8.90. The van der Waals surface area contributed by atoms with Crippen LogP contribution < -0.4 is 10.5 Å². The van der Waals surface area contributed by atoms with Crippen molar-refractivity contribution >= 4 is 34.7 Å². The lowest BCUT2D eigenvalue weighted by Crippen LogP contribution is -2.42. The molecule has 3 aromatic rings. The summed E-state index contributed by atoms with van der Waals surface area (Å²) < 4.78 is 1.87. The predicted octanol–water partition coefficient (Wildman–Crippen LogP) is 3.75. The van der Waals surface area contributed by atoms with Crippen molar-refractivity contribution in [2.45, 2.75) is 32.2 Å². The fourth-order valence-corrected chi connectivity index (χ4v) is 5.32. The molecule has 1 aromatic heterocycles. The molecular formula is C25H28N4O2S. The van der Waals surface area contributed by atoms with Gasteiger partial charge in [-0.05, 0) is 61.2 Å². The van der Waals surface area contributed by atoms with Crippen LogP contribution in [0.15, 0.2) is 53.3 Å². The maximum absolute atomic E-state index is 12.8. The van der Waals surface area contributed by atoms with Crippen LogP contribution in [-0.4, -0.2) is 46.5 Å². The van der Waals surface area contributed by atoms with Crippen LogP contribution in [0.5, 0.6) is 0 Å². The number of carbonyl (C=O) groups excluding carboxylic acids is 1. The predicted molar refractivity (Wildman–Crippen MR) is 130 cm³/mol. The molecule has 1 saturated heterocycles. The number of aromatic nitrogens is 2. The molecule has 2 aliphatic rings. The topological polar surface area (TPSA) is 61.3 Å². The molecule has 1 amide bonds. The number of nitrogens with zero attached hydrogens (tertiary/aromatic N) is 3. The average Bonchev–Trinajstić information content (AvgIpc) is 3.22. The number of carbonyl (C=O) groups is 1. The Kier molecular flexibility index (Phi) is 5.83. The zero-order chi connectivity index (χ0) is 22.1. The van der Waals surface area contributed by atoms with E-state index < -0.39 is 0 Å². The van der Waals surface area contributed by atoms with Crippen molar-refractivity contribution in [2.24, 2.45) is 5.92 Å². The summed E-state index contributed by atoms with van der Waals surface area (Å²) in [6.07, 6.45) is 3.48. The maximum Gasteiger partial charge on any atom is 0.262 e. The standard InChI is InChI=1S/C25H28N4O2S/c30-23(12-16-29-24(31)20-6-2-3-7-21(20)26-25(29)32)27-13-9-18(10-14-27)17-28-15-11-19-5-1-4-8-22(19)28/h1-8,18H,9-17H2,(H,26,32). The minimum absolute atomic E-state index is 0.101. The smallest absolute Gasteiger partial charge is 0.262 e. The minimum Gasteiger partial charge on any atom is -0.371 e. The zero-order valence-corrected chi connectivity index (χ0v) is 18.9. The Labute approximate surface area is 192 Å². The number of benzene rings is 2. The number of para-hydroxylation sites is 2. The number of rotatable bonds is 5. The lowest BCUT2D eigenvalue weighted by molar-refractivity contribution is -0.132. The summed E-state index contributed by atoms with van der Waals surface area (Å²) in [5, 5.41) is 0.595. The monoisotopic (exact) mass is 448 g/mol. The van der Waals surface area contributed by atoms with Crippen LogP contribution in [0.3, 0.4) is 0 Å². The quantitative estimate of drug-likeness (QED) is 0.604. The largest absolute Gasteiger partial charge is 0.371 e. The number of anilines is 1. The van der Waals surface area contributed by atoms with Crippen LogP contribution in [0.25, 0.3) is 10.9 Å². The number of likely N-dealkylation sites (tertiary alicyclic amines) is 1. The van der Waals surface area contributed by atoms with Gasteiger partial charge >= 0.3 is 0 Å². The first kappa shape index (κ1) is 20.9. The molecule has 6 nitrogen and oxygen atoms in total. The number of hydrogen-bond donors (Lipinski definition) is 1. The lowest BCUT2D eigenvalue weighted by atomic mass is 9.96. The van der Waals surface area contributed by atoms with Gasteiger partial charge in [-0.3, -0.25) is 14.2 Å². The zero-order valence-electron chi connectivity index (χ0n) is 18.1. The Morgan fingerprint density at radius 3 is 2.62 bits per heavy atom. The van der Waals surface area contributed by atoms with Crippen molar-refractivity contribution in [3.05, 3.63) is 69.2 Å². The third-order valence-corrected chi connectivity index (χ3v) is 7.19. The fourth-order valence-electron chi connectivity index (χ4n) is 5.04. The summed E-state index contributed by atoms with van der Waals surface area (Å²) >= 11 is 5.36. The summed E-state index contributed by atoms with van der Waals surface area (Å²) in [4.78, 5) is 33.2. The Morgan fingerprint density at radius 2 is 1.78 bits per heavy atom. The summed E-state index contributed by atoms with van der Waals surface area (Å²) in [5.74, 6) is 0.714. The van der Waals surface area contributed by atoms with E-state index in [4.69, 9.17) is 12.2 Å². The number of piperidine rings is 1. The molecular weight excluding hydrogens is 420 g/mol. The molecule has 0 spiro atoms. The highest BCUT2D eigenvalue weighted by molar-refractivity contribution is 7.71. The van der Waals surface area contributed by atoms with Gasteiger partial charge < -0.3 is 14.8 Å². The molecule has 2 aromatic carbocycles. The molecule has 0 aliphatic carbocycles. The van der Waals surface area contributed by atoms with Crippen LogP contribution in [0, 0.1) is 10.7 Å². The Bertz CT molecular complexity index is 1260. The molecule has 2 aliphatic heterocycles. The van der Waals surface area contributed by atoms with Crippen molar-refractivity contribution in [3.8, 4) is 0 Å². The lowest BCUT2D eigenvalue weighted by Gasteiger charge is -2.34. The van der Waals surface area contributed by atoms with Crippen molar-refractivity contribution in [1.29, 1.82) is 0 Å². The number of amides is 1. The van der Waals surface area contributed by atoms with E-state index in [0.29, 0.717) is 29.0 Å². The first-order valence-electron chi connectivity index (χ1n) is 11.4. The van der Waals surface area contributed by atoms with Crippen LogP contribution in [0.1, 0.15) is 24.8 Å². The number of nitrogens with one attached hydrogen (secondary N) is 1. The highest BCUT2D eigenvalue weighted by Crippen LogP contribution is 2.30. The third-order valence-electron chi connectivity index (χ3n) is 6.87. The molecule has 0 radical (unpaired) electrons. The fraction of sp³-hybridized carbons (Fsp3) is 0.400. The molecule has 1 fully saturated rings. The molecule has 166 valence electrons. The normalized spacial score (nSPS) is 16.5. The highest BCUT2D eigenvalue weighted by atomic mass is 32.1. The SMILES string of the molecule is O=C(CCn1c(=S)[nH]c2ccccc2c1=O)N1CCC(CN2CCc3ccccc32)CC1. The van der Waals surface area contributed by atoms with Crippen molar-refractivity contribution < 1.29 is 4.79 Å². The average molecular weight is 449 g/mol. The summed E-state index contributed by atoms with van der Waals surface area (Å²) in [6, 6.07) is 16.0. The second-order valence-corrected chi connectivity index (χ2v) is 9.22. The number of hydrogen-bond acceptors (Lipinski definition) is 4. The number of fused-ring (bicyclic) bond motifs is 2. The van der Waals surface area contributed by atoms with Crippen LogP contribution in [-0.2, 0) is 17.8 Å². The van der Waals surface area contributed by atoms with Crippen molar-refractivity contribution in [2.75, 3.05) is 31.1 Å². The number of H-pyrrole nitrogens is 1. The first-order chi connectivity index (χ1) is 15.6. The number of aromatic amines is 1. The molecule has 0 unspecified atom stereocenters. The molecule has 32 heavy (non-hydrogen) atoms. The molecule has 0 atom stereocenters. The Morgan fingerprint density at radius 1 is 1.03 bits per heavy atom. The van der Waals surface area contributed by atoms with E-state index in [1.807, 2.05) is 23.1 Å². The van der Waals surface area contributed by atoms with E-state index in [1.165, 1.54) is 15.8 Å². The van der Waals surface area contributed by atoms with Gasteiger partial charge in [0.15, 0.2) is 4.77 Å². The van der Waals surface area contributed by atoms with E-state index in [0.717, 1.165) is 51.0 Å². The van der Waals surface area contributed by atoms with Crippen LogP contribution in [0.2, 0.25) is 0 Å². The summed E-state index contributed by atoms with van der Waals surface area (Å²) in [7, 11) is 0. The van der Waals surface area contributed by atoms with Gasteiger partial charge in [0.1, 0.15) is 0 Å². The minimum atomic E-state index is -0.137. The summed E-state index contributed by atoms with van der Waals surface area (Å²) in [6.45, 7) is 4.05. The van der Waals surface area contributed by atoms with Gasteiger partial charge in [0.25, 0.3) is 5.56 Å². The summed E-state index contributed by atoms with van der Waals surface area (Å²) in [5.41, 5.74) is 3.42. The second-order valence-electron chi connectivity index (χ2n) is 8.83. The van der Waals surface area contributed by atoms with Gasteiger partial charge in [0.2, 0.25) is 5.91 Å². The third kappa shape index (κ3) is 4.09. The van der Waals surface area contributed by atoms with Gasteiger partial charge in [-0.25, -0.2) is 0 Å². The van der Waals surface area contributed by atoms with E-state index in [-0.39, 0.29) is 11.5 Å². The van der Waals surface area contributed by atoms with Gasteiger partial charge in [-0.1, -0.05) is 30.3 Å². The molecule has 1 N–H and O–H groups in total. The van der Waals surface area contributed by atoms with Crippen molar-refractivity contribution in [3.63, 3.8) is 0 Å². The Hall–Kier alpha value is -2.93. The van der Waals surface area contributed by atoms with Crippen LogP contribution >= 0.6 is 12.2 Å². The molecule has 3 heterocycles. The molecule has 0 bridgehead atoms. The van der Waals surface area contributed by atoms with Gasteiger partial charge in [0.05, 0.1) is 10.9 Å². The first-order valence-corrected chi connectivity index (χ1v) is 11.8. The van der Waals surface area contributed by atoms with E-state index in [2.05, 4.69) is 34.1 Å². The van der Waals surface area contributed by atoms with E-state index in [9.17, 15) is 9.59 Å². The molecule has 5 rings (SSSR count). The van der Waals surface area contributed by atoms with E-state index in [1.54, 1.807) is 6.07 Å². The Balaban J connectivity index is 1.16. The van der Waals surface area contributed by atoms with Gasteiger partial charge in [0, 0.05) is 44.8 Å². The molecule has 7 heteroatoms. The van der Waals surface area contributed by atoms with E-state index >= 15 is 0 Å². The maximum atomic E-state index is 12.8.